The third-order valence-corrected chi connectivity index (χ3v) is 3.27. The number of benzene rings is 1. The summed E-state index contributed by atoms with van der Waals surface area (Å²) in [7, 11) is 0. The molecule has 2 N–H and O–H groups in total. The van der Waals surface area contributed by atoms with Crippen molar-refractivity contribution in [2.45, 2.75) is 26.3 Å². The number of halogens is 1. The minimum absolute atomic E-state index is 0.123. The second kappa shape index (κ2) is 6.04. The van der Waals surface area contributed by atoms with Crippen molar-refractivity contribution in [3.8, 4) is 11.6 Å². The summed E-state index contributed by atoms with van der Waals surface area (Å²) >= 11 is 6.09. The Morgan fingerprint density at radius 2 is 2.16 bits per heavy atom. The maximum Gasteiger partial charge on any atom is 0.223 e. The van der Waals surface area contributed by atoms with Crippen molar-refractivity contribution in [1.29, 1.82) is 0 Å². The van der Waals surface area contributed by atoms with Gasteiger partial charge in [0.25, 0.3) is 0 Å². The molecular formula is C15H17ClN2O. The highest BCUT2D eigenvalue weighted by Crippen LogP contribution is 2.29. The molecule has 1 aromatic heterocycles. The smallest absolute Gasteiger partial charge is 0.223 e. The van der Waals surface area contributed by atoms with Crippen LogP contribution in [0.25, 0.3) is 0 Å². The van der Waals surface area contributed by atoms with E-state index in [0.717, 1.165) is 28.3 Å². The normalized spacial score (nSPS) is 12.2. The van der Waals surface area contributed by atoms with E-state index in [1.165, 1.54) is 0 Å². The Bertz CT molecular complexity index is 570. The molecule has 0 radical (unpaired) electrons. The average Bonchev–Trinajstić information content (AvgIpc) is 2.41. The van der Waals surface area contributed by atoms with Gasteiger partial charge in [-0.1, -0.05) is 24.6 Å². The summed E-state index contributed by atoms with van der Waals surface area (Å²) in [6.45, 7) is 3.96. The molecule has 100 valence electrons. The molecule has 0 aliphatic carbocycles. The van der Waals surface area contributed by atoms with Gasteiger partial charge in [-0.15, -0.1) is 0 Å². The first kappa shape index (κ1) is 13.8. The molecule has 0 fully saturated rings. The lowest BCUT2D eigenvalue weighted by Gasteiger charge is -2.13. The van der Waals surface area contributed by atoms with E-state index in [2.05, 4.69) is 11.9 Å². The van der Waals surface area contributed by atoms with Gasteiger partial charge in [0.05, 0.1) is 0 Å². The van der Waals surface area contributed by atoms with Crippen LogP contribution in [0.5, 0.6) is 11.6 Å². The minimum atomic E-state index is -0.123. The van der Waals surface area contributed by atoms with Gasteiger partial charge in [-0.2, -0.15) is 0 Å². The molecule has 0 spiro atoms. The van der Waals surface area contributed by atoms with Crippen molar-refractivity contribution < 1.29 is 4.74 Å². The Hall–Kier alpha value is -1.58. The molecule has 1 aromatic carbocycles. The fraction of sp³-hybridized carbons (Fsp3) is 0.267. The summed E-state index contributed by atoms with van der Waals surface area (Å²) in [5.41, 5.74) is 7.85. The number of rotatable bonds is 4. The number of nitrogens with two attached hydrogens (primary N) is 1. The quantitative estimate of drug-likeness (QED) is 0.914. The van der Waals surface area contributed by atoms with Gasteiger partial charge in [-0.25, -0.2) is 4.98 Å². The van der Waals surface area contributed by atoms with Gasteiger partial charge >= 0.3 is 0 Å². The summed E-state index contributed by atoms with van der Waals surface area (Å²) < 4.78 is 5.82. The molecule has 19 heavy (non-hydrogen) atoms. The van der Waals surface area contributed by atoms with Crippen molar-refractivity contribution in [3.63, 3.8) is 0 Å². The van der Waals surface area contributed by atoms with Crippen molar-refractivity contribution in [2.75, 3.05) is 0 Å². The third-order valence-electron chi connectivity index (χ3n) is 2.90. The first-order chi connectivity index (χ1) is 9.11. The average molecular weight is 277 g/mol. The SMILES string of the molecule is CCc1cc(Oc2ncccc2C(C)N)ccc1Cl. The highest BCUT2D eigenvalue weighted by Gasteiger charge is 2.10. The van der Waals surface area contributed by atoms with Crippen molar-refractivity contribution >= 4 is 11.6 Å². The highest BCUT2D eigenvalue weighted by atomic mass is 35.5. The summed E-state index contributed by atoms with van der Waals surface area (Å²) in [5, 5.41) is 0.753. The van der Waals surface area contributed by atoms with Crippen molar-refractivity contribution in [1.82, 2.24) is 4.98 Å². The zero-order chi connectivity index (χ0) is 13.8. The van der Waals surface area contributed by atoms with E-state index in [1.54, 1.807) is 6.20 Å². The van der Waals surface area contributed by atoms with Gasteiger partial charge in [0, 0.05) is 22.8 Å². The molecule has 0 saturated carbocycles. The number of hydrogen-bond acceptors (Lipinski definition) is 3. The van der Waals surface area contributed by atoms with Crippen molar-refractivity contribution in [3.05, 3.63) is 52.7 Å². The Labute approximate surface area is 118 Å². The lowest BCUT2D eigenvalue weighted by molar-refractivity contribution is 0.451. The zero-order valence-corrected chi connectivity index (χ0v) is 11.8. The molecule has 1 atom stereocenters. The number of hydrogen-bond donors (Lipinski definition) is 1. The third kappa shape index (κ3) is 3.25. The molecule has 1 unspecified atom stereocenters. The van der Waals surface area contributed by atoms with E-state index in [4.69, 9.17) is 22.1 Å². The van der Waals surface area contributed by atoms with Crippen LogP contribution in [0.4, 0.5) is 0 Å². The Kier molecular flexibility index (Phi) is 4.40. The first-order valence-electron chi connectivity index (χ1n) is 6.28. The van der Waals surface area contributed by atoms with Gasteiger partial charge in [-0.3, -0.25) is 0 Å². The summed E-state index contributed by atoms with van der Waals surface area (Å²) in [4.78, 5) is 4.24. The van der Waals surface area contributed by atoms with Crippen LogP contribution in [-0.2, 0) is 6.42 Å². The number of nitrogens with zero attached hydrogens (tertiary/aromatic N) is 1. The second-order valence-electron chi connectivity index (χ2n) is 4.40. The van der Waals surface area contributed by atoms with Crippen LogP contribution in [0.1, 0.15) is 31.0 Å². The molecule has 2 aromatic rings. The Morgan fingerprint density at radius 3 is 2.84 bits per heavy atom. The molecule has 0 saturated heterocycles. The van der Waals surface area contributed by atoms with Gasteiger partial charge in [0.1, 0.15) is 5.75 Å². The lowest BCUT2D eigenvalue weighted by atomic mass is 10.1. The topological polar surface area (TPSA) is 48.1 Å². The number of pyridine rings is 1. The first-order valence-corrected chi connectivity index (χ1v) is 6.66. The van der Waals surface area contributed by atoms with Crippen LogP contribution in [0.3, 0.4) is 0 Å². The van der Waals surface area contributed by atoms with E-state index in [9.17, 15) is 0 Å². The summed E-state index contributed by atoms with van der Waals surface area (Å²) in [6.07, 6.45) is 2.55. The highest BCUT2D eigenvalue weighted by molar-refractivity contribution is 6.31. The number of ether oxygens (including phenoxy) is 1. The lowest BCUT2D eigenvalue weighted by Crippen LogP contribution is -2.07. The predicted molar refractivity (Wildman–Crippen MR) is 77.7 cm³/mol. The molecule has 0 amide bonds. The summed E-state index contributed by atoms with van der Waals surface area (Å²) in [6, 6.07) is 9.25. The summed E-state index contributed by atoms with van der Waals surface area (Å²) in [5.74, 6) is 1.27. The predicted octanol–water partition coefficient (Wildman–Crippen LogP) is 4.11. The molecule has 0 aliphatic heterocycles. The van der Waals surface area contributed by atoms with Crippen LogP contribution < -0.4 is 10.5 Å². The van der Waals surface area contributed by atoms with E-state index in [1.807, 2.05) is 37.3 Å². The Balaban J connectivity index is 2.31. The van der Waals surface area contributed by atoms with Crippen LogP contribution in [0.15, 0.2) is 36.5 Å². The Morgan fingerprint density at radius 1 is 1.37 bits per heavy atom. The van der Waals surface area contributed by atoms with Gasteiger partial charge < -0.3 is 10.5 Å². The van der Waals surface area contributed by atoms with E-state index >= 15 is 0 Å². The van der Waals surface area contributed by atoms with Crippen LogP contribution >= 0.6 is 11.6 Å². The maximum absolute atomic E-state index is 6.09. The molecule has 2 rings (SSSR count). The van der Waals surface area contributed by atoms with E-state index in [0.29, 0.717) is 5.88 Å². The van der Waals surface area contributed by atoms with Crippen LogP contribution in [0.2, 0.25) is 5.02 Å². The largest absolute Gasteiger partial charge is 0.439 e. The minimum Gasteiger partial charge on any atom is -0.439 e. The fourth-order valence-corrected chi connectivity index (χ4v) is 2.08. The monoisotopic (exact) mass is 276 g/mol. The molecule has 4 heteroatoms. The molecule has 0 bridgehead atoms. The molecule has 0 aliphatic rings. The van der Waals surface area contributed by atoms with E-state index in [-0.39, 0.29) is 6.04 Å². The van der Waals surface area contributed by atoms with Gasteiger partial charge in [0.2, 0.25) is 5.88 Å². The van der Waals surface area contributed by atoms with Crippen LogP contribution in [-0.4, -0.2) is 4.98 Å². The van der Waals surface area contributed by atoms with Crippen molar-refractivity contribution in [2.24, 2.45) is 5.73 Å². The maximum atomic E-state index is 6.09. The van der Waals surface area contributed by atoms with E-state index < -0.39 is 0 Å². The molecule has 3 nitrogen and oxygen atoms in total. The number of aromatic nitrogens is 1. The molecular weight excluding hydrogens is 260 g/mol. The van der Waals surface area contributed by atoms with Gasteiger partial charge in [0.15, 0.2) is 0 Å². The molecule has 1 heterocycles. The standard InChI is InChI=1S/C15H17ClN2O/c1-3-11-9-12(6-7-14(11)16)19-15-13(10(2)17)5-4-8-18-15/h4-10H,3,17H2,1-2H3. The zero-order valence-electron chi connectivity index (χ0n) is 11.1. The number of aryl methyl sites for hydroxylation is 1. The van der Waals surface area contributed by atoms with Crippen LogP contribution in [0, 0.1) is 0 Å². The fourth-order valence-electron chi connectivity index (χ4n) is 1.83. The van der Waals surface area contributed by atoms with Gasteiger partial charge in [-0.05, 0) is 43.2 Å². The second-order valence-corrected chi connectivity index (χ2v) is 4.80.